The molecule has 2 aliphatic carbocycles. The van der Waals surface area contributed by atoms with Crippen LogP contribution in [0.25, 0.3) is 5.57 Å². The van der Waals surface area contributed by atoms with E-state index in [4.69, 9.17) is 4.74 Å². The summed E-state index contributed by atoms with van der Waals surface area (Å²) in [6.45, 7) is 9.39. The number of nitrogens with one attached hydrogen (secondary N) is 1. The smallest absolute Gasteiger partial charge is 0.255 e. The molecule has 3 fully saturated rings. The van der Waals surface area contributed by atoms with E-state index in [2.05, 4.69) is 34.2 Å². The maximum Gasteiger partial charge on any atom is 0.255 e. The van der Waals surface area contributed by atoms with Crippen molar-refractivity contribution >= 4 is 29.9 Å². The van der Waals surface area contributed by atoms with Crippen LogP contribution in [0.5, 0.6) is 5.75 Å². The Morgan fingerprint density at radius 1 is 1.12 bits per heavy atom. The van der Waals surface area contributed by atoms with E-state index in [9.17, 15) is 14.9 Å². The van der Waals surface area contributed by atoms with Crippen molar-refractivity contribution in [2.75, 3.05) is 20.2 Å². The zero-order valence-corrected chi connectivity index (χ0v) is 24.0. The summed E-state index contributed by atoms with van der Waals surface area (Å²) in [5, 5.41) is 12.5. The molecule has 5 rings (SSSR count). The highest BCUT2D eigenvalue weighted by Gasteiger charge is 2.46. The van der Waals surface area contributed by atoms with Gasteiger partial charge in [0.1, 0.15) is 17.6 Å². The molecule has 1 aromatic heterocycles. The molecular formula is C32H39N5O3. The number of aryl methyl sites for hydroxylation is 1. The number of rotatable bonds is 7. The third kappa shape index (κ3) is 4.94. The number of carbonyl (C=O) groups excluding carboxylic acids is 2. The number of benzene rings is 1. The molecule has 3 atom stereocenters. The molecule has 40 heavy (non-hydrogen) atoms. The number of fused-ring (bicyclic) bond motifs is 2. The molecule has 2 aromatic rings. The second kappa shape index (κ2) is 11.3. The molecule has 0 spiro atoms. The first-order valence-electron chi connectivity index (χ1n) is 14.3. The zero-order valence-electron chi connectivity index (χ0n) is 24.0. The van der Waals surface area contributed by atoms with Crippen LogP contribution >= 0.6 is 0 Å². The number of aliphatic imine (C=N–C) groups is 1. The lowest BCUT2D eigenvalue weighted by atomic mass is 9.78. The average molecular weight is 542 g/mol. The molecule has 2 amide bonds. The van der Waals surface area contributed by atoms with Crippen LogP contribution in [0.2, 0.25) is 0 Å². The Kier molecular flexibility index (Phi) is 7.84. The quantitative estimate of drug-likeness (QED) is 0.464. The van der Waals surface area contributed by atoms with Gasteiger partial charge in [-0.15, -0.1) is 0 Å². The van der Waals surface area contributed by atoms with Gasteiger partial charge in [-0.05, 0) is 93.3 Å². The van der Waals surface area contributed by atoms with Crippen LogP contribution < -0.4 is 10.1 Å². The maximum absolute atomic E-state index is 13.3. The van der Waals surface area contributed by atoms with Gasteiger partial charge in [0.15, 0.2) is 0 Å². The largest absolute Gasteiger partial charge is 0.495 e. The molecule has 2 unspecified atom stereocenters. The molecule has 8 heteroatoms. The van der Waals surface area contributed by atoms with Crippen LogP contribution in [0, 0.1) is 29.1 Å². The number of carbonyl (C=O) groups is 2. The van der Waals surface area contributed by atoms with E-state index in [1.807, 2.05) is 25.5 Å². The number of hydrogen-bond acceptors (Lipinski definition) is 5. The van der Waals surface area contributed by atoms with Crippen LogP contribution in [0.4, 0.5) is 5.82 Å². The van der Waals surface area contributed by atoms with E-state index in [1.165, 1.54) is 25.5 Å². The summed E-state index contributed by atoms with van der Waals surface area (Å²) < 4.78 is 7.23. The van der Waals surface area contributed by atoms with Crippen LogP contribution in [-0.2, 0) is 11.8 Å². The van der Waals surface area contributed by atoms with Gasteiger partial charge < -0.3 is 19.5 Å². The number of amides is 2. The molecule has 1 aromatic carbocycles. The van der Waals surface area contributed by atoms with Gasteiger partial charge in [0.05, 0.1) is 12.7 Å². The summed E-state index contributed by atoms with van der Waals surface area (Å²) in [6.07, 6.45) is 8.82. The minimum absolute atomic E-state index is 0.214. The predicted octanol–water partition coefficient (Wildman–Crippen LogP) is 5.56. The summed E-state index contributed by atoms with van der Waals surface area (Å²) >= 11 is 0. The number of nitrogens with zero attached hydrogens (tertiary/aromatic N) is 4. The molecule has 2 saturated carbocycles. The number of likely N-dealkylation sites (tertiary alicyclic amines) is 1. The Bertz CT molecular complexity index is 1390. The van der Waals surface area contributed by atoms with Gasteiger partial charge in [0.25, 0.3) is 5.91 Å². The highest BCUT2D eigenvalue weighted by atomic mass is 16.5. The van der Waals surface area contributed by atoms with Crippen molar-refractivity contribution in [2.24, 2.45) is 29.8 Å². The van der Waals surface area contributed by atoms with Crippen molar-refractivity contribution in [2.45, 2.75) is 58.3 Å². The Hall–Kier alpha value is -3.86. The predicted molar refractivity (Wildman–Crippen MR) is 156 cm³/mol. The summed E-state index contributed by atoms with van der Waals surface area (Å²) in [4.78, 5) is 32.9. The van der Waals surface area contributed by atoms with Crippen molar-refractivity contribution in [1.82, 2.24) is 14.8 Å². The molecule has 8 nitrogen and oxygen atoms in total. The topological polar surface area (TPSA) is 99.7 Å². The van der Waals surface area contributed by atoms with Crippen LogP contribution in [-0.4, -0.2) is 48.2 Å². The summed E-state index contributed by atoms with van der Waals surface area (Å²) in [5.74, 6) is 2.66. The van der Waals surface area contributed by atoms with Gasteiger partial charge in [0, 0.05) is 49.1 Å². The second-order valence-electron chi connectivity index (χ2n) is 11.6. The molecule has 2 heterocycles. The summed E-state index contributed by atoms with van der Waals surface area (Å²) in [7, 11) is 3.48. The fraction of sp³-hybridized carbons (Fsp3) is 0.500. The summed E-state index contributed by atoms with van der Waals surface area (Å²) in [6, 6.07) is 6.91. The average Bonchev–Trinajstić information content (AvgIpc) is 3.67. The van der Waals surface area contributed by atoms with E-state index in [0.717, 1.165) is 61.4 Å². The summed E-state index contributed by atoms with van der Waals surface area (Å²) in [5.41, 5.74) is 4.59. The lowest BCUT2D eigenvalue weighted by molar-refractivity contribution is -0.137. The molecule has 2 bridgehead atoms. The number of methoxy groups -OCH3 is 1. The van der Waals surface area contributed by atoms with Gasteiger partial charge in [-0.25, -0.2) is 4.99 Å². The molecule has 3 aliphatic rings. The first-order valence-corrected chi connectivity index (χ1v) is 14.3. The highest BCUT2D eigenvalue weighted by molar-refractivity contribution is 5.97. The minimum Gasteiger partial charge on any atom is -0.495 e. The van der Waals surface area contributed by atoms with Crippen molar-refractivity contribution in [3.8, 4) is 11.8 Å². The molecular weight excluding hydrogens is 502 g/mol. The third-order valence-corrected chi connectivity index (χ3v) is 9.36. The standard InChI is InChI=1S/C32H39N5O3/c1-19(20(2)35-31(38)22-12-13-27(40-5)25(14-22)15-33)28-26(18-36(4)30(28)34-3)29-23-10-11-24(29)17-37(16-23)32(39)21-8-6-7-9-21/h12-14,18,21,23-24,29H,3,6-11,16-17H2,1-2,4-5H3,(H,35,38)/b20-19+/t23-,24?,29?/m1/s1. The van der Waals surface area contributed by atoms with E-state index in [0.29, 0.717) is 40.5 Å². The van der Waals surface area contributed by atoms with Crippen LogP contribution in [0.3, 0.4) is 0 Å². The van der Waals surface area contributed by atoms with Gasteiger partial charge >= 0.3 is 0 Å². The Morgan fingerprint density at radius 3 is 2.40 bits per heavy atom. The zero-order chi connectivity index (χ0) is 28.6. The first-order chi connectivity index (χ1) is 19.3. The number of ether oxygens (including phenoxy) is 1. The van der Waals surface area contributed by atoms with E-state index in [1.54, 1.807) is 18.2 Å². The maximum atomic E-state index is 13.3. The van der Waals surface area contributed by atoms with Gasteiger partial charge in [-0.1, -0.05) is 12.8 Å². The van der Waals surface area contributed by atoms with Crippen LogP contribution in [0.15, 0.2) is 35.1 Å². The van der Waals surface area contributed by atoms with Gasteiger partial charge in [-0.2, -0.15) is 5.26 Å². The molecule has 210 valence electrons. The fourth-order valence-electron chi connectivity index (χ4n) is 7.27. The first kappa shape index (κ1) is 27.7. The number of hydrogen-bond donors (Lipinski definition) is 1. The van der Waals surface area contributed by atoms with Gasteiger partial charge in [0.2, 0.25) is 5.91 Å². The highest BCUT2D eigenvalue weighted by Crippen LogP contribution is 2.52. The monoisotopic (exact) mass is 541 g/mol. The Labute approximate surface area is 236 Å². The number of nitriles is 1. The Balaban J connectivity index is 1.42. The van der Waals surface area contributed by atoms with Crippen molar-refractivity contribution in [3.05, 3.63) is 52.3 Å². The fourth-order valence-corrected chi connectivity index (χ4v) is 7.27. The minimum atomic E-state index is -0.291. The number of piperidine rings is 1. The normalized spacial score (nSPS) is 23.0. The van der Waals surface area contributed by atoms with Crippen molar-refractivity contribution in [3.63, 3.8) is 0 Å². The molecule has 0 radical (unpaired) electrons. The van der Waals surface area contributed by atoms with Crippen molar-refractivity contribution < 1.29 is 14.3 Å². The number of aromatic nitrogens is 1. The lowest BCUT2D eigenvalue weighted by Gasteiger charge is -2.39. The SMILES string of the molecule is C=Nc1c(/C(C)=C(\C)NC(=O)c2ccc(OC)c(C#N)c2)c(C2C3CC[C@@H]2CN(C(=O)C2CCCC2)C3)cn1C. The van der Waals surface area contributed by atoms with Crippen molar-refractivity contribution in [1.29, 1.82) is 5.26 Å². The van der Waals surface area contributed by atoms with E-state index in [-0.39, 0.29) is 11.8 Å². The second-order valence-corrected chi connectivity index (χ2v) is 11.6. The van der Waals surface area contributed by atoms with Crippen LogP contribution in [0.1, 0.15) is 85.3 Å². The number of allylic oxidation sites excluding steroid dienone is 2. The Morgan fingerprint density at radius 2 is 1.80 bits per heavy atom. The molecule has 1 N–H and O–H groups in total. The molecule has 1 aliphatic heterocycles. The van der Waals surface area contributed by atoms with Gasteiger partial charge in [-0.3, -0.25) is 9.59 Å². The van der Waals surface area contributed by atoms with E-state index >= 15 is 0 Å². The molecule has 1 saturated heterocycles. The third-order valence-electron chi connectivity index (χ3n) is 9.36. The van der Waals surface area contributed by atoms with E-state index < -0.39 is 0 Å². The lowest BCUT2D eigenvalue weighted by Crippen LogP contribution is -2.46.